The molecule has 104 valence electrons. The van der Waals surface area contributed by atoms with Gasteiger partial charge in [0, 0.05) is 18.1 Å². The number of carbonyl (C=O) groups is 1. The van der Waals surface area contributed by atoms with Gasteiger partial charge in [0.2, 0.25) is 0 Å². The SMILES string of the molecule is Cc1ccncc1C(=O)Nc1ccc(C(C)(C)C)cc1. The molecule has 0 saturated heterocycles. The number of rotatable bonds is 2. The van der Waals surface area contributed by atoms with Gasteiger partial charge in [-0.25, -0.2) is 0 Å². The van der Waals surface area contributed by atoms with E-state index in [1.54, 1.807) is 12.4 Å². The molecular formula is C17H20N2O. The predicted octanol–water partition coefficient (Wildman–Crippen LogP) is 3.94. The number of hydrogen-bond donors (Lipinski definition) is 1. The third kappa shape index (κ3) is 3.23. The van der Waals surface area contributed by atoms with Gasteiger partial charge in [-0.2, -0.15) is 0 Å². The Morgan fingerprint density at radius 1 is 1.10 bits per heavy atom. The van der Waals surface area contributed by atoms with Crippen LogP contribution in [0, 0.1) is 6.92 Å². The number of carbonyl (C=O) groups excluding carboxylic acids is 1. The minimum absolute atomic E-state index is 0.114. The molecule has 0 bridgehead atoms. The Morgan fingerprint density at radius 3 is 2.30 bits per heavy atom. The molecule has 1 N–H and O–H groups in total. The van der Waals surface area contributed by atoms with Crippen molar-refractivity contribution in [2.45, 2.75) is 33.1 Å². The van der Waals surface area contributed by atoms with Gasteiger partial charge in [-0.15, -0.1) is 0 Å². The van der Waals surface area contributed by atoms with Crippen LogP contribution in [0.5, 0.6) is 0 Å². The Balaban J connectivity index is 2.15. The molecule has 2 rings (SSSR count). The number of nitrogens with zero attached hydrogens (tertiary/aromatic N) is 1. The predicted molar refractivity (Wildman–Crippen MR) is 82.1 cm³/mol. The number of pyridine rings is 1. The van der Waals surface area contributed by atoms with Crippen molar-refractivity contribution >= 4 is 11.6 Å². The maximum atomic E-state index is 12.2. The second-order valence-corrected chi connectivity index (χ2v) is 5.97. The number of benzene rings is 1. The van der Waals surface area contributed by atoms with Gasteiger partial charge < -0.3 is 5.32 Å². The van der Waals surface area contributed by atoms with Crippen LogP contribution >= 0.6 is 0 Å². The second-order valence-electron chi connectivity index (χ2n) is 5.97. The number of nitrogens with one attached hydrogen (secondary N) is 1. The highest BCUT2D eigenvalue weighted by atomic mass is 16.1. The van der Waals surface area contributed by atoms with Gasteiger partial charge in [-0.05, 0) is 41.7 Å². The molecule has 0 radical (unpaired) electrons. The maximum Gasteiger partial charge on any atom is 0.257 e. The normalized spacial score (nSPS) is 11.2. The van der Waals surface area contributed by atoms with Gasteiger partial charge in [0.1, 0.15) is 0 Å². The number of anilines is 1. The fourth-order valence-electron chi connectivity index (χ4n) is 1.95. The molecule has 0 unspecified atom stereocenters. The number of aryl methyl sites for hydroxylation is 1. The average molecular weight is 268 g/mol. The van der Waals surface area contributed by atoms with E-state index in [1.807, 2.05) is 37.3 Å². The van der Waals surface area contributed by atoms with E-state index in [0.29, 0.717) is 5.56 Å². The first kappa shape index (κ1) is 14.3. The van der Waals surface area contributed by atoms with Crippen molar-refractivity contribution in [1.82, 2.24) is 4.98 Å². The molecule has 0 aliphatic rings. The topological polar surface area (TPSA) is 42.0 Å². The average Bonchev–Trinajstić information content (AvgIpc) is 2.38. The lowest BCUT2D eigenvalue weighted by Crippen LogP contribution is -2.14. The third-order valence-corrected chi connectivity index (χ3v) is 3.29. The van der Waals surface area contributed by atoms with Crippen LogP contribution in [0.3, 0.4) is 0 Å². The van der Waals surface area contributed by atoms with Crippen molar-refractivity contribution in [3.8, 4) is 0 Å². The summed E-state index contributed by atoms with van der Waals surface area (Å²) < 4.78 is 0. The van der Waals surface area contributed by atoms with E-state index in [1.165, 1.54) is 5.56 Å². The molecule has 0 atom stereocenters. The van der Waals surface area contributed by atoms with Crippen molar-refractivity contribution in [3.63, 3.8) is 0 Å². The van der Waals surface area contributed by atoms with Crippen molar-refractivity contribution in [2.24, 2.45) is 0 Å². The van der Waals surface area contributed by atoms with Crippen molar-refractivity contribution in [2.75, 3.05) is 5.32 Å². The van der Waals surface area contributed by atoms with Crippen LogP contribution in [0.2, 0.25) is 0 Å². The molecule has 2 aromatic rings. The maximum absolute atomic E-state index is 12.2. The molecule has 0 fully saturated rings. The summed E-state index contributed by atoms with van der Waals surface area (Å²) in [5.41, 5.74) is 3.68. The first-order chi connectivity index (χ1) is 9.38. The van der Waals surface area contributed by atoms with E-state index in [2.05, 4.69) is 31.1 Å². The molecule has 1 heterocycles. The van der Waals surface area contributed by atoms with Gasteiger partial charge in [-0.3, -0.25) is 9.78 Å². The molecule has 3 nitrogen and oxygen atoms in total. The van der Waals surface area contributed by atoms with Crippen LogP contribution in [0.4, 0.5) is 5.69 Å². The summed E-state index contributed by atoms with van der Waals surface area (Å²) in [5.74, 6) is -0.126. The monoisotopic (exact) mass is 268 g/mol. The van der Waals surface area contributed by atoms with Gasteiger partial charge in [0.05, 0.1) is 5.56 Å². The molecule has 0 aliphatic heterocycles. The van der Waals surface area contributed by atoms with Gasteiger partial charge in [0.25, 0.3) is 5.91 Å². The molecule has 1 aromatic carbocycles. The molecular weight excluding hydrogens is 248 g/mol. The zero-order chi connectivity index (χ0) is 14.8. The molecule has 0 aliphatic carbocycles. The zero-order valence-electron chi connectivity index (χ0n) is 12.4. The Kier molecular flexibility index (Phi) is 3.89. The molecule has 1 amide bonds. The van der Waals surface area contributed by atoms with E-state index >= 15 is 0 Å². The van der Waals surface area contributed by atoms with E-state index < -0.39 is 0 Å². The Hall–Kier alpha value is -2.16. The van der Waals surface area contributed by atoms with Crippen molar-refractivity contribution < 1.29 is 4.79 Å². The Labute approximate surface area is 120 Å². The summed E-state index contributed by atoms with van der Waals surface area (Å²) >= 11 is 0. The first-order valence-electron chi connectivity index (χ1n) is 6.70. The Bertz CT molecular complexity index is 610. The van der Waals surface area contributed by atoms with Crippen LogP contribution in [-0.2, 0) is 5.41 Å². The fraction of sp³-hybridized carbons (Fsp3) is 0.294. The van der Waals surface area contributed by atoms with Gasteiger partial charge in [0.15, 0.2) is 0 Å². The van der Waals surface area contributed by atoms with E-state index in [0.717, 1.165) is 11.3 Å². The minimum Gasteiger partial charge on any atom is -0.322 e. The summed E-state index contributed by atoms with van der Waals surface area (Å²) in [7, 11) is 0. The second kappa shape index (κ2) is 5.45. The number of amides is 1. The highest BCUT2D eigenvalue weighted by molar-refractivity contribution is 6.05. The quantitative estimate of drug-likeness (QED) is 0.896. The molecule has 0 saturated carbocycles. The number of hydrogen-bond acceptors (Lipinski definition) is 2. The standard InChI is InChI=1S/C17H20N2O/c1-12-9-10-18-11-15(12)16(20)19-14-7-5-13(6-8-14)17(2,3)4/h5-11H,1-4H3,(H,19,20). The lowest BCUT2D eigenvalue weighted by atomic mass is 9.87. The zero-order valence-corrected chi connectivity index (χ0v) is 12.4. The fourth-order valence-corrected chi connectivity index (χ4v) is 1.95. The smallest absolute Gasteiger partial charge is 0.257 e. The van der Waals surface area contributed by atoms with E-state index in [9.17, 15) is 4.79 Å². The lowest BCUT2D eigenvalue weighted by molar-refractivity contribution is 0.102. The largest absolute Gasteiger partial charge is 0.322 e. The van der Waals surface area contributed by atoms with Gasteiger partial charge >= 0.3 is 0 Å². The van der Waals surface area contributed by atoms with Crippen LogP contribution < -0.4 is 5.32 Å². The minimum atomic E-state index is -0.126. The summed E-state index contributed by atoms with van der Waals surface area (Å²) in [6.45, 7) is 8.40. The summed E-state index contributed by atoms with van der Waals surface area (Å²) in [6.07, 6.45) is 3.28. The van der Waals surface area contributed by atoms with Crippen LogP contribution in [-0.4, -0.2) is 10.9 Å². The summed E-state index contributed by atoms with van der Waals surface area (Å²) in [5, 5.41) is 2.90. The highest BCUT2D eigenvalue weighted by Gasteiger charge is 2.14. The molecule has 20 heavy (non-hydrogen) atoms. The Morgan fingerprint density at radius 2 is 1.75 bits per heavy atom. The molecule has 0 spiro atoms. The first-order valence-corrected chi connectivity index (χ1v) is 6.70. The van der Waals surface area contributed by atoms with Gasteiger partial charge in [-0.1, -0.05) is 32.9 Å². The van der Waals surface area contributed by atoms with Crippen molar-refractivity contribution in [1.29, 1.82) is 0 Å². The number of aromatic nitrogens is 1. The van der Waals surface area contributed by atoms with Crippen LogP contribution in [0.1, 0.15) is 42.3 Å². The third-order valence-electron chi connectivity index (χ3n) is 3.29. The summed E-state index contributed by atoms with van der Waals surface area (Å²) in [6, 6.07) is 9.80. The molecule has 3 heteroatoms. The summed E-state index contributed by atoms with van der Waals surface area (Å²) in [4.78, 5) is 16.2. The van der Waals surface area contributed by atoms with Crippen molar-refractivity contribution in [3.05, 3.63) is 59.4 Å². The highest BCUT2D eigenvalue weighted by Crippen LogP contribution is 2.23. The molecule has 1 aromatic heterocycles. The lowest BCUT2D eigenvalue weighted by Gasteiger charge is -2.19. The van der Waals surface area contributed by atoms with Crippen LogP contribution in [0.15, 0.2) is 42.7 Å². The van der Waals surface area contributed by atoms with E-state index in [4.69, 9.17) is 0 Å². The van der Waals surface area contributed by atoms with E-state index in [-0.39, 0.29) is 11.3 Å². The van der Waals surface area contributed by atoms with Crippen LogP contribution in [0.25, 0.3) is 0 Å².